The molecule has 0 aliphatic carbocycles. The van der Waals surface area contributed by atoms with E-state index in [1.807, 2.05) is 6.92 Å². The lowest BCUT2D eigenvalue weighted by atomic mass is 10.0. The smallest absolute Gasteiger partial charge is 0.253 e. The molecule has 15 heavy (non-hydrogen) atoms. The highest BCUT2D eigenvalue weighted by molar-refractivity contribution is 5.94. The second kappa shape index (κ2) is 3.96. The monoisotopic (exact) mass is 208 g/mol. The lowest BCUT2D eigenvalue weighted by molar-refractivity contribution is 0.0452. The van der Waals surface area contributed by atoms with Gasteiger partial charge in [0.15, 0.2) is 0 Å². The number of likely N-dealkylation sites (tertiary alicyclic amines) is 1. The average Bonchev–Trinajstić information content (AvgIpc) is 2.16. The Bertz CT molecular complexity index is 375. The summed E-state index contributed by atoms with van der Waals surface area (Å²) >= 11 is 0. The summed E-state index contributed by atoms with van der Waals surface area (Å²) in [7, 11) is 0. The topological polar surface area (TPSA) is 33.2 Å². The Balaban J connectivity index is 2.03. The van der Waals surface area contributed by atoms with Crippen LogP contribution in [-0.2, 0) is 0 Å². The van der Waals surface area contributed by atoms with Gasteiger partial charge in [-0.15, -0.1) is 0 Å². The summed E-state index contributed by atoms with van der Waals surface area (Å²) in [6.45, 7) is 2.59. The average molecular weight is 208 g/mol. The van der Waals surface area contributed by atoms with E-state index in [0.717, 1.165) is 5.69 Å². The van der Waals surface area contributed by atoms with Gasteiger partial charge in [0.2, 0.25) is 0 Å². The van der Waals surface area contributed by atoms with Crippen LogP contribution < -0.4 is 0 Å². The van der Waals surface area contributed by atoms with Crippen molar-refractivity contribution in [2.24, 2.45) is 5.92 Å². The fraction of sp³-hybridized carbons (Fsp3) is 0.455. The molecule has 80 valence electrons. The van der Waals surface area contributed by atoms with Crippen molar-refractivity contribution in [2.45, 2.75) is 6.92 Å². The molecule has 0 saturated carbocycles. The maximum atomic E-state index is 12.2. The van der Waals surface area contributed by atoms with Gasteiger partial charge in [0.1, 0.15) is 0 Å². The van der Waals surface area contributed by atoms with Crippen LogP contribution in [-0.4, -0.2) is 35.6 Å². The summed E-state index contributed by atoms with van der Waals surface area (Å²) in [4.78, 5) is 17.5. The number of nitrogens with zero attached hydrogens (tertiary/aromatic N) is 2. The fourth-order valence-electron chi connectivity index (χ4n) is 1.69. The quantitative estimate of drug-likeness (QED) is 0.736. The van der Waals surface area contributed by atoms with E-state index in [2.05, 4.69) is 4.98 Å². The Labute approximate surface area is 87.9 Å². The van der Waals surface area contributed by atoms with Crippen LogP contribution in [0.2, 0.25) is 0 Å². The number of halogens is 1. The molecule has 0 N–H and O–H groups in total. The maximum absolute atomic E-state index is 12.2. The molecule has 0 aromatic carbocycles. The van der Waals surface area contributed by atoms with Crippen LogP contribution in [0.5, 0.6) is 0 Å². The molecular formula is C11H13FN2O. The third kappa shape index (κ3) is 1.98. The molecule has 1 aromatic heterocycles. The highest BCUT2D eigenvalue weighted by Gasteiger charge is 2.30. The zero-order chi connectivity index (χ0) is 10.8. The molecule has 0 atom stereocenters. The molecule has 0 radical (unpaired) electrons. The molecular weight excluding hydrogens is 195 g/mol. The van der Waals surface area contributed by atoms with Crippen molar-refractivity contribution in [2.75, 3.05) is 19.8 Å². The van der Waals surface area contributed by atoms with Gasteiger partial charge in [-0.05, 0) is 19.1 Å². The Hall–Kier alpha value is -1.45. The Morgan fingerprint density at radius 3 is 3.00 bits per heavy atom. The standard InChI is InChI=1S/C11H13FN2O/c1-8-4-10(2-3-13-8)11(15)14-6-9(5-12)7-14/h2-4,9H,5-7H2,1H3. The number of aromatic nitrogens is 1. The van der Waals surface area contributed by atoms with Crippen LogP contribution in [0.3, 0.4) is 0 Å². The summed E-state index contributed by atoms with van der Waals surface area (Å²) in [6, 6.07) is 3.45. The van der Waals surface area contributed by atoms with E-state index in [9.17, 15) is 9.18 Å². The largest absolute Gasteiger partial charge is 0.338 e. The van der Waals surface area contributed by atoms with Crippen molar-refractivity contribution >= 4 is 5.91 Å². The van der Waals surface area contributed by atoms with Gasteiger partial charge in [0, 0.05) is 36.5 Å². The molecule has 0 bridgehead atoms. The molecule has 1 aliphatic rings. The number of hydrogen-bond donors (Lipinski definition) is 0. The molecule has 1 aromatic rings. The van der Waals surface area contributed by atoms with Gasteiger partial charge in [-0.25, -0.2) is 0 Å². The van der Waals surface area contributed by atoms with Crippen molar-refractivity contribution in [3.8, 4) is 0 Å². The minimum absolute atomic E-state index is 0.0230. The number of hydrogen-bond acceptors (Lipinski definition) is 2. The zero-order valence-electron chi connectivity index (χ0n) is 8.61. The van der Waals surface area contributed by atoms with Gasteiger partial charge in [-0.2, -0.15) is 0 Å². The molecule has 0 spiro atoms. The number of pyridine rings is 1. The minimum Gasteiger partial charge on any atom is -0.338 e. The van der Waals surface area contributed by atoms with Crippen molar-refractivity contribution < 1.29 is 9.18 Å². The number of alkyl halides is 1. The predicted molar refractivity (Wildman–Crippen MR) is 54.3 cm³/mol. The van der Waals surface area contributed by atoms with E-state index in [-0.39, 0.29) is 18.5 Å². The van der Waals surface area contributed by atoms with Gasteiger partial charge in [-0.3, -0.25) is 14.2 Å². The number of carbonyl (C=O) groups excluding carboxylic acids is 1. The summed E-state index contributed by atoms with van der Waals surface area (Å²) in [5, 5.41) is 0. The highest BCUT2D eigenvalue weighted by Crippen LogP contribution is 2.18. The van der Waals surface area contributed by atoms with Crippen molar-refractivity contribution in [1.29, 1.82) is 0 Å². The summed E-state index contributed by atoms with van der Waals surface area (Å²) in [6.07, 6.45) is 1.62. The molecule has 1 fully saturated rings. The lowest BCUT2D eigenvalue weighted by Gasteiger charge is -2.37. The Morgan fingerprint density at radius 1 is 1.67 bits per heavy atom. The maximum Gasteiger partial charge on any atom is 0.253 e. The summed E-state index contributed by atoms with van der Waals surface area (Å²) < 4.78 is 12.2. The SMILES string of the molecule is Cc1cc(C(=O)N2CC(CF)C2)ccn1. The van der Waals surface area contributed by atoms with Crippen LogP contribution in [0, 0.1) is 12.8 Å². The van der Waals surface area contributed by atoms with Gasteiger partial charge < -0.3 is 4.90 Å². The van der Waals surface area contributed by atoms with Crippen molar-refractivity contribution in [3.05, 3.63) is 29.6 Å². The Morgan fingerprint density at radius 2 is 2.40 bits per heavy atom. The number of aryl methyl sites for hydroxylation is 1. The molecule has 2 heterocycles. The first-order valence-electron chi connectivity index (χ1n) is 4.98. The molecule has 2 rings (SSSR count). The van der Waals surface area contributed by atoms with Gasteiger partial charge >= 0.3 is 0 Å². The Kier molecular flexibility index (Phi) is 2.66. The number of carbonyl (C=O) groups is 1. The van der Waals surface area contributed by atoms with E-state index in [1.165, 1.54) is 0 Å². The second-order valence-corrected chi connectivity index (χ2v) is 3.92. The normalized spacial score (nSPS) is 16.3. The first-order valence-corrected chi connectivity index (χ1v) is 4.98. The van der Waals surface area contributed by atoms with Crippen LogP contribution in [0.15, 0.2) is 18.3 Å². The highest BCUT2D eigenvalue weighted by atomic mass is 19.1. The zero-order valence-corrected chi connectivity index (χ0v) is 8.61. The third-order valence-electron chi connectivity index (χ3n) is 2.61. The molecule has 1 saturated heterocycles. The first-order chi connectivity index (χ1) is 7.20. The van der Waals surface area contributed by atoms with Gasteiger partial charge in [0.05, 0.1) is 6.67 Å². The fourth-order valence-corrected chi connectivity index (χ4v) is 1.69. The molecule has 1 amide bonds. The lowest BCUT2D eigenvalue weighted by Crippen LogP contribution is -2.50. The summed E-state index contributed by atoms with van der Waals surface area (Å²) in [5.74, 6) is 0.0158. The first kappa shape index (κ1) is 10.1. The number of amides is 1. The van der Waals surface area contributed by atoms with Crippen LogP contribution in [0.4, 0.5) is 4.39 Å². The second-order valence-electron chi connectivity index (χ2n) is 3.92. The van der Waals surface area contributed by atoms with E-state index in [0.29, 0.717) is 18.7 Å². The van der Waals surface area contributed by atoms with E-state index in [4.69, 9.17) is 0 Å². The number of rotatable bonds is 2. The van der Waals surface area contributed by atoms with E-state index in [1.54, 1.807) is 23.2 Å². The molecule has 0 unspecified atom stereocenters. The van der Waals surface area contributed by atoms with Crippen molar-refractivity contribution in [3.63, 3.8) is 0 Å². The van der Waals surface area contributed by atoms with Crippen LogP contribution in [0.25, 0.3) is 0 Å². The minimum atomic E-state index is -0.334. The van der Waals surface area contributed by atoms with E-state index < -0.39 is 0 Å². The summed E-state index contributed by atoms with van der Waals surface area (Å²) in [5.41, 5.74) is 1.46. The van der Waals surface area contributed by atoms with Gasteiger partial charge in [0.25, 0.3) is 5.91 Å². The molecule has 1 aliphatic heterocycles. The predicted octanol–water partition coefficient (Wildman–Crippen LogP) is 1.43. The molecule has 4 heteroatoms. The van der Waals surface area contributed by atoms with E-state index >= 15 is 0 Å². The molecule has 3 nitrogen and oxygen atoms in total. The van der Waals surface area contributed by atoms with Crippen molar-refractivity contribution in [1.82, 2.24) is 9.88 Å². The van der Waals surface area contributed by atoms with Crippen LogP contribution in [0.1, 0.15) is 16.1 Å². The van der Waals surface area contributed by atoms with Crippen LogP contribution >= 0.6 is 0 Å². The third-order valence-corrected chi connectivity index (χ3v) is 2.61. The van der Waals surface area contributed by atoms with Gasteiger partial charge in [-0.1, -0.05) is 0 Å².